The van der Waals surface area contributed by atoms with Crippen LogP contribution in [0.5, 0.6) is 5.75 Å². The molecule has 0 atom stereocenters. The van der Waals surface area contributed by atoms with Gasteiger partial charge in [0.05, 0.1) is 11.3 Å². The van der Waals surface area contributed by atoms with E-state index in [2.05, 4.69) is 5.16 Å². The van der Waals surface area contributed by atoms with E-state index >= 15 is 0 Å². The Morgan fingerprint density at radius 1 is 1.10 bits per heavy atom. The zero-order valence-electron chi connectivity index (χ0n) is 18.4. The summed E-state index contributed by atoms with van der Waals surface area (Å²) in [7, 11) is 0. The molecule has 1 aromatic carbocycles. The quantitative estimate of drug-likeness (QED) is 0.705. The Labute approximate surface area is 183 Å². The molecule has 4 rings (SSSR count). The van der Waals surface area contributed by atoms with Crippen LogP contribution in [0.2, 0.25) is 0 Å². The van der Waals surface area contributed by atoms with Gasteiger partial charge in [-0.05, 0) is 50.8 Å². The number of hydrogen-bond donors (Lipinski definition) is 0. The second-order valence-electron chi connectivity index (χ2n) is 8.65. The van der Waals surface area contributed by atoms with E-state index < -0.39 is 0 Å². The third-order valence-corrected chi connectivity index (χ3v) is 6.50. The SMILES string of the molecule is Cc1noc(C)c1COc1cccc(C(=O)N2CCN(C(=O)CC3CCCC3)CC2)c1. The zero-order valence-corrected chi connectivity index (χ0v) is 18.4. The van der Waals surface area contributed by atoms with Crippen LogP contribution in [0.3, 0.4) is 0 Å². The molecule has 166 valence electrons. The first-order valence-corrected chi connectivity index (χ1v) is 11.2. The molecule has 1 aliphatic carbocycles. The number of aryl methyl sites for hydroxylation is 2. The summed E-state index contributed by atoms with van der Waals surface area (Å²) in [6, 6.07) is 7.26. The number of benzene rings is 1. The summed E-state index contributed by atoms with van der Waals surface area (Å²) in [5.41, 5.74) is 2.34. The largest absolute Gasteiger partial charge is 0.489 e. The molecule has 0 unspecified atom stereocenters. The van der Waals surface area contributed by atoms with E-state index in [0.29, 0.717) is 56.4 Å². The van der Waals surface area contributed by atoms with E-state index in [1.54, 1.807) is 6.07 Å². The maximum absolute atomic E-state index is 13.0. The molecule has 2 fully saturated rings. The molecule has 2 heterocycles. The summed E-state index contributed by atoms with van der Waals surface area (Å²) in [5, 5.41) is 3.94. The smallest absolute Gasteiger partial charge is 0.254 e. The zero-order chi connectivity index (χ0) is 21.8. The first kappa shape index (κ1) is 21.4. The third kappa shape index (κ3) is 5.09. The fourth-order valence-electron chi connectivity index (χ4n) is 4.51. The van der Waals surface area contributed by atoms with Gasteiger partial charge < -0.3 is 19.1 Å². The average molecular weight is 426 g/mol. The van der Waals surface area contributed by atoms with Crippen molar-refractivity contribution in [2.45, 2.75) is 52.6 Å². The molecule has 0 spiro atoms. The van der Waals surface area contributed by atoms with Crippen LogP contribution in [0.25, 0.3) is 0 Å². The summed E-state index contributed by atoms with van der Waals surface area (Å²) < 4.78 is 11.0. The van der Waals surface area contributed by atoms with E-state index in [4.69, 9.17) is 9.26 Å². The van der Waals surface area contributed by atoms with Crippen LogP contribution in [0.1, 0.15) is 59.5 Å². The number of hydrogen-bond acceptors (Lipinski definition) is 5. The van der Waals surface area contributed by atoms with Gasteiger partial charge in [-0.15, -0.1) is 0 Å². The summed E-state index contributed by atoms with van der Waals surface area (Å²) in [4.78, 5) is 29.3. The Morgan fingerprint density at radius 3 is 2.48 bits per heavy atom. The molecule has 0 N–H and O–H groups in total. The predicted molar refractivity (Wildman–Crippen MR) is 116 cm³/mol. The van der Waals surface area contributed by atoms with Crippen molar-refractivity contribution in [3.05, 3.63) is 46.8 Å². The summed E-state index contributed by atoms with van der Waals surface area (Å²) in [6.07, 6.45) is 5.53. The van der Waals surface area contributed by atoms with Crippen LogP contribution in [-0.2, 0) is 11.4 Å². The minimum atomic E-state index is -0.0225. The molecule has 1 aromatic heterocycles. The third-order valence-electron chi connectivity index (χ3n) is 6.50. The van der Waals surface area contributed by atoms with Gasteiger partial charge in [-0.3, -0.25) is 9.59 Å². The molecule has 1 saturated carbocycles. The standard InChI is InChI=1S/C24H31N3O4/c1-17-22(18(2)31-25-17)16-30-21-9-5-8-20(15-21)24(29)27-12-10-26(11-13-27)23(28)14-19-6-3-4-7-19/h5,8-9,15,19H,3-4,6-7,10-14,16H2,1-2H3. The van der Waals surface area contributed by atoms with Crippen molar-refractivity contribution in [3.8, 4) is 5.75 Å². The van der Waals surface area contributed by atoms with E-state index in [0.717, 1.165) is 17.0 Å². The second kappa shape index (κ2) is 9.54. The highest BCUT2D eigenvalue weighted by Gasteiger charge is 2.27. The maximum Gasteiger partial charge on any atom is 0.254 e. The van der Waals surface area contributed by atoms with Crippen LogP contribution in [0.4, 0.5) is 0 Å². The topological polar surface area (TPSA) is 75.9 Å². The van der Waals surface area contributed by atoms with E-state index in [1.165, 1.54) is 25.7 Å². The molecule has 7 nitrogen and oxygen atoms in total. The first-order chi connectivity index (χ1) is 15.0. The van der Waals surface area contributed by atoms with Gasteiger partial charge in [-0.2, -0.15) is 0 Å². The van der Waals surface area contributed by atoms with Gasteiger partial charge >= 0.3 is 0 Å². The minimum Gasteiger partial charge on any atom is -0.489 e. The highest BCUT2D eigenvalue weighted by atomic mass is 16.5. The van der Waals surface area contributed by atoms with E-state index in [1.807, 2.05) is 41.8 Å². The summed E-state index contributed by atoms with van der Waals surface area (Å²) in [6.45, 7) is 6.45. The molecule has 1 aliphatic heterocycles. The van der Waals surface area contributed by atoms with Gasteiger partial charge in [0, 0.05) is 38.2 Å². The second-order valence-corrected chi connectivity index (χ2v) is 8.65. The van der Waals surface area contributed by atoms with Crippen molar-refractivity contribution in [3.63, 3.8) is 0 Å². The van der Waals surface area contributed by atoms with Crippen LogP contribution in [-0.4, -0.2) is 52.9 Å². The minimum absolute atomic E-state index is 0.0225. The lowest BCUT2D eigenvalue weighted by Crippen LogP contribution is -2.50. The number of amides is 2. The molecule has 2 amide bonds. The number of carbonyl (C=O) groups is 2. The Balaban J connectivity index is 1.30. The Kier molecular flexibility index (Phi) is 6.59. The monoisotopic (exact) mass is 425 g/mol. The molecule has 2 aromatic rings. The lowest BCUT2D eigenvalue weighted by atomic mass is 10.0. The normalized spacial score (nSPS) is 17.2. The number of ether oxygens (including phenoxy) is 1. The number of aromatic nitrogens is 1. The maximum atomic E-state index is 13.0. The Bertz CT molecular complexity index is 905. The van der Waals surface area contributed by atoms with E-state index in [9.17, 15) is 9.59 Å². The number of piperazine rings is 1. The lowest BCUT2D eigenvalue weighted by Gasteiger charge is -2.35. The molecule has 7 heteroatoms. The average Bonchev–Trinajstić information content (AvgIpc) is 3.41. The highest BCUT2D eigenvalue weighted by molar-refractivity contribution is 5.94. The lowest BCUT2D eigenvalue weighted by molar-refractivity contribution is -0.133. The van der Waals surface area contributed by atoms with Gasteiger partial charge in [0.2, 0.25) is 5.91 Å². The van der Waals surface area contributed by atoms with E-state index in [-0.39, 0.29) is 11.8 Å². The fourth-order valence-corrected chi connectivity index (χ4v) is 4.51. The number of carbonyl (C=O) groups excluding carboxylic acids is 2. The Morgan fingerprint density at radius 2 is 1.81 bits per heavy atom. The van der Waals surface area contributed by atoms with Gasteiger partial charge in [0.1, 0.15) is 18.1 Å². The van der Waals surface area contributed by atoms with Crippen molar-refractivity contribution >= 4 is 11.8 Å². The van der Waals surface area contributed by atoms with Crippen molar-refractivity contribution < 1.29 is 18.8 Å². The van der Waals surface area contributed by atoms with Gasteiger partial charge in [0.25, 0.3) is 5.91 Å². The predicted octanol–water partition coefficient (Wildman–Crippen LogP) is 3.74. The molecular formula is C24H31N3O4. The van der Waals surface area contributed by atoms with Crippen molar-refractivity contribution in [1.29, 1.82) is 0 Å². The van der Waals surface area contributed by atoms with Gasteiger partial charge in [0.15, 0.2) is 0 Å². The number of nitrogens with zero attached hydrogens (tertiary/aromatic N) is 3. The molecule has 1 saturated heterocycles. The van der Waals surface area contributed by atoms with Gasteiger partial charge in [-0.25, -0.2) is 0 Å². The van der Waals surface area contributed by atoms with Crippen LogP contribution in [0, 0.1) is 19.8 Å². The van der Waals surface area contributed by atoms with Crippen molar-refractivity contribution in [2.24, 2.45) is 5.92 Å². The Hall–Kier alpha value is -2.83. The molecular weight excluding hydrogens is 394 g/mol. The first-order valence-electron chi connectivity index (χ1n) is 11.2. The molecule has 2 aliphatic rings. The fraction of sp³-hybridized carbons (Fsp3) is 0.542. The summed E-state index contributed by atoms with van der Waals surface area (Å²) >= 11 is 0. The van der Waals surface area contributed by atoms with Crippen LogP contribution in [0.15, 0.2) is 28.8 Å². The molecule has 0 radical (unpaired) electrons. The van der Waals surface area contributed by atoms with Crippen molar-refractivity contribution in [1.82, 2.24) is 15.0 Å². The molecule has 0 bridgehead atoms. The van der Waals surface area contributed by atoms with Crippen LogP contribution < -0.4 is 4.74 Å². The van der Waals surface area contributed by atoms with Gasteiger partial charge in [-0.1, -0.05) is 24.1 Å². The summed E-state index contributed by atoms with van der Waals surface area (Å²) in [5.74, 6) is 2.15. The highest BCUT2D eigenvalue weighted by Crippen LogP contribution is 2.28. The molecule has 31 heavy (non-hydrogen) atoms. The van der Waals surface area contributed by atoms with Crippen LogP contribution >= 0.6 is 0 Å². The van der Waals surface area contributed by atoms with Crippen molar-refractivity contribution in [2.75, 3.05) is 26.2 Å². The number of rotatable bonds is 6.